The van der Waals surface area contributed by atoms with Gasteiger partial charge in [0, 0.05) is 11.8 Å². The summed E-state index contributed by atoms with van der Waals surface area (Å²) in [6.07, 6.45) is 6.69. The zero-order valence-corrected chi connectivity index (χ0v) is 8.71. The SMILES string of the molecule is CCC(C)N/N=C1\CC2CCC1C2. The molecule has 2 nitrogen and oxygen atoms in total. The minimum absolute atomic E-state index is 0.534. The van der Waals surface area contributed by atoms with E-state index < -0.39 is 0 Å². The first-order valence-corrected chi connectivity index (χ1v) is 5.61. The molecule has 0 radical (unpaired) electrons. The molecule has 0 aromatic rings. The number of rotatable bonds is 3. The first kappa shape index (κ1) is 9.04. The number of hydrogen-bond acceptors (Lipinski definition) is 2. The molecule has 2 bridgehead atoms. The lowest BCUT2D eigenvalue weighted by Gasteiger charge is -2.14. The standard InChI is InChI=1S/C11H20N2/c1-3-8(2)12-13-11-7-9-4-5-10(11)6-9/h8-10,12H,3-7H2,1-2H3/b13-11+. The molecule has 74 valence electrons. The molecule has 0 aromatic heterocycles. The number of hydrogen-bond donors (Lipinski definition) is 1. The van der Waals surface area contributed by atoms with Crippen LogP contribution in [-0.2, 0) is 0 Å². The number of fused-ring (bicyclic) bond motifs is 2. The zero-order valence-electron chi connectivity index (χ0n) is 8.71. The molecule has 3 atom stereocenters. The lowest BCUT2D eigenvalue weighted by molar-refractivity contribution is 0.545. The monoisotopic (exact) mass is 180 g/mol. The Hall–Kier alpha value is -0.530. The minimum Gasteiger partial charge on any atom is -0.307 e. The maximum absolute atomic E-state index is 4.54. The fraction of sp³-hybridized carbons (Fsp3) is 0.909. The largest absolute Gasteiger partial charge is 0.307 e. The van der Waals surface area contributed by atoms with Gasteiger partial charge in [-0.2, -0.15) is 5.10 Å². The third-order valence-electron chi connectivity index (χ3n) is 3.55. The molecule has 0 aliphatic heterocycles. The fourth-order valence-corrected chi connectivity index (χ4v) is 2.45. The minimum atomic E-state index is 0.534. The molecule has 2 aliphatic rings. The zero-order chi connectivity index (χ0) is 9.26. The van der Waals surface area contributed by atoms with Crippen molar-refractivity contribution in [2.75, 3.05) is 0 Å². The molecule has 0 heterocycles. The summed E-state index contributed by atoms with van der Waals surface area (Å²) < 4.78 is 0. The van der Waals surface area contributed by atoms with Gasteiger partial charge in [-0.1, -0.05) is 6.92 Å². The van der Waals surface area contributed by atoms with Crippen molar-refractivity contribution in [1.82, 2.24) is 5.43 Å². The van der Waals surface area contributed by atoms with Crippen LogP contribution in [0.2, 0.25) is 0 Å². The van der Waals surface area contributed by atoms with Gasteiger partial charge in [-0.05, 0) is 50.9 Å². The molecule has 13 heavy (non-hydrogen) atoms. The van der Waals surface area contributed by atoms with Crippen LogP contribution >= 0.6 is 0 Å². The van der Waals surface area contributed by atoms with Gasteiger partial charge < -0.3 is 5.43 Å². The molecule has 2 heteroatoms. The lowest BCUT2D eigenvalue weighted by Crippen LogP contribution is -2.23. The van der Waals surface area contributed by atoms with Gasteiger partial charge >= 0.3 is 0 Å². The van der Waals surface area contributed by atoms with E-state index in [2.05, 4.69) is 24.4 Å². The Labute approximate surface area is 80.8 Å². The van der Waals surface area contributed by atoms with Gasteiger partial charge in [-0.25, -0.2) is 0 Å². The van der Waals surface area contributed by atoms with Crippen LogP contribution in [-0.4, -0.2) is 11.8 Å². The predicted molar refractivity (Wildman–Crippen MR) is 55.8 cm³/mol. The van der Waals surface area contributed by atoms with Crippen LogP contribution in [0.3, 0.4) is 0 Å². The van der Waals surface area contributed by atoms with Crippen LogP contribution in [0.5, 0.6) is 0 Å². The second-order valence-electron chi connectivity index (χ2n) is 4.62. The van der Waals surface area contributed by atoms with Crippen molar-refractivity contribution in [3.8, 4) is 0 Å². The Kier molecular flexibility index (Phi) is 2.56. The molecule has 2 fully saturated rings. The molecule has 2 aliphatic carbocycles. The molecule has 0 spiro atoms. The normalized spacial score (nSPS) is 36.9. The maximum atomic E-state index is 4.54. The number of hydrazone groups is 1. The topological polar surface area (TPSA) is 24.4 Å². The van der Waals surface area contributed by atoms with Crippen molar-refractivity contribution < 1.29 is 0 Å². The molecule has 0 aromatic carbocycles. The van der Waals surface area contributed by atoms with E-state index in [1.165, 1.54) is 31.4 Å². The molecule has 1 N–H and O–H groups in total. The van der Waals surface area contributed by atoms with Crippen molar-refractivity contribution in [1.29, 1.82) is 0 Å². The van der Waals surface area contributed by atoms with Crippen LogP contribution < -0.4 is 5.43 Å². The van der Waals surface area contributed by atoms with Gasteiger partial charge in [0.05, 0.1) is 0 Å². The predicted octanol–water partition coefficient (Wildman–Crippen LogP) is 2.55. The van der Waals surface area contributed by atoms with E-state index in [0.717, 1.165) is 18.3 Å². The average molecular weight is 180 g/mol. The second kappa shape index (κ2) is 3.69. The van der Waals surface area contributed by atoms with Crippen molar-refractivity contribution in [3.63, 3.8) is 0 Å². The van der Waals surface area contributed by atoms with Gasteiger partial charge in [0.2, 0.25) is 0 Å². The van der Waals surface area contributed by atoms with E-state index in [0.29, 0.717) is 6.04 Å². The summed E-state index contributed by atoms with van der Waals surface area (Å²) in [5.74, 6) is 1.81. The second-order valence-corrected chi connectivity index (χ2v) is 4.62. The smallest absolute Gasteiger partial charge is 0.0412 e. The molecule has 3 unspecified atom stereocenters. The highest BCUT2D eigenvalue weighted by atomic mass is 15.3. The summed E-state index contributed by atoms with van der Waals surface area (Å²) in [5, 5.41) is 4.54. The first-order chi connectivity index (χ1) is 6.29. The van der Waals surface area contributed by atoms with Crippen molar-refractivity contribution in [2.45, 2.75) is 52.0 Å². The van der Waals surface area contributed by atoms with Gasteiger partial charge in [0.1, 0.15) is 0 Å². The van der Waals surface area contributed by atoms with E-state index >= 15 is 0 Å². The number of nitrogens with zero attached hydrogens (tertiary/aromatic N) is 1. The van der Waals surface area contributed by atoms with Gasteiger partial charge in [-0.3, -0.25) is 0 Å². The lowest BCUT2D eigenvalue weighted by atomic mass is 9.99. The molecule has 0 amide bonds. The van der Waals surface area contributed by atoms with Gasteiger partial charge in [0.25, 0.3) is 0 Å². The van der Waals surface area contributed by atoms with E-state index in [1.54, 1.807) is 0 Å². The quantitative estimate of drug-likeness (QED) is 0.663. The summed E-state index contributed by atoms with van der Waals surface area (Å²) in [5.41, 5.74) is 4.70. The molecule has 0 saturated heterocycles. The number of nitrogens with one attached hydrogen (secondary N) is 1. The van der Waals surface area contributed by atoms with Crippen LogP contribution in [0.25, 0.3) is 0 Å². The molecular weight excluding hydrogens is 160 g/mol. The summed E-state index contributed by atoms with van der Waals surface area (Å²) in [4.78, 5) is 0. The molecule has 2 saturated carbocycles. The third-order valence-corrected chi connectivity index (χ3v) is 3.55. The summed E-state index contributed by atoms with van der Waals surface area (Å²) in [7, 11) is 0. The van der Waals surface area contributed by atoms with E-state index in [-0.39, 0.29) is 0 Å². The molecule has 2 rings (SSSR count). The summed E-state index contributed by atoms with van der Waals surface area (Å²) in [6, 6.07) is 0.534. The van der Waals surface area contributed by atoms with Crippen molar-refractivity contribution >= 4 is 5.71 Å². The highest BCUT2D eigenvalue weighted by molar-refractivity contribution is 5.89. The average Bonchev–Trinajstić information content (AvgIpc) is 2.74. The van der Waals surface area contributed by atoms with Gasteiger partial charge in [-0.15, -0.1) is 0 Å². The Morgan fingerprint density at radius 2 is 2.38 bits per heavy atom. The van der Waals surface area contributed by atoms with Crippen LogP contribution in [0, 0.1) is 11.8 Å². The highest BCUT2D eigenvalue weighted by Gasteiger charge is 2.36. The Bertz CT molecular complexity index is 210. The van der Waals surface area contributed by atoms with Crippen molar-refractivity contribution in [3.05, 3.63) is 0 Å². The first-order valence-electron chi connectivity index (χ1n) is 5.61. The van der Waals surface area contributed by atoms with E-state index in [9.17, 15) is 0 Å². The Morgan fingerprint density at radius 1 is 1.54 bits per heavy atom. The summed E-state index contributed by atoms with van der Waals surface area (Å²) in [6.45, 7) is 4.38. The Balaban J connectivity index is 1.87. The maximum Gasteiger partial charge on any atom is 0.0412 e. The fourth-order valence-electron chi connectivity index (χ4n) is 2.45. The van der Waals surface area contributed by atoms with Crippen LogP contribution in [0.4, 0.5) is 0 Å². The Morgan fingerprint density at radius 3 is 2.92 bits per heavy atom. The van der Waals surface area contributed by atoms with Crippen molar-refractivity contribution in [2.24, 2.45) is 16.9 Å². The van der Waals surface area contributed by atoms with Crippen LogP contribution in [0.15, 0.2) is 5.10 Å². The van der Waals surface area contributed by atoms with E-state index in [4.69, 9.17) is 0 Å². The van der Waals surface area contributed by atoms with Gasteiger partial charge in [0.15, 0.2) is 0 Å². The van der Waals surface area contributed by atoms with Crippen LogP contribution in [0.1, 0.15) is 46.0 Å². The molecular formula is C11H20N2. The summed E-state index contributed by atoms with van der Waals surface area (Å²) >= 11 is 0. The third kappa shape index (κ3) is 1.87. The highest BCUT2D eigenvalue weighted by Crippen LogP contribution is 2.42. The van der Waals surface area contributed by atoms with E-state index in [1.807, 2.05) is 0 Å².